The fourth-order valence-corrected chi connectivity index (χ4v) is 3.26. The number of nitrogens with zero attached hydrogens (tertiary/aromatic N) is 2. The number of aryl methyl sites for hydroxylation is 1. The van der Waals surface area contributed by atoms with Crippen molar-refractivity contribution in [2.75, 3.05) is 20.1 Å². The Morgan fingerprint density at radius 3 is 2.48 bits per heavy atom. The summed E-state index contributed by atoms with van der Waals surface area (Å²) in [5, 5.41) is 6.13. The summed E-state index contributed by atoms with van der Waals surface area (Å²) in [4.78, 5) is 38.8. The van der Waals surface area contributed by atoms with E-state index in [9.17, 15) is 14.4 Å². The number of benzene rings is 2. The fraction of sp³-hybridized carbons (Fsp3) is 0.318. The van der Waals surface area contributed by atoms with Gasteiger partial charge in [0.05, 0.1) is 17.3 Å². The molecule has 7 heteroatoms. The van der Waals surface area contributed by atoms with Crippen LogP contribution in [0.5, 0.6) is 0 Å². The Balaban J connectivity index is 1.42. The summed E-state index contributed by atoms with van der Waals surface area (Å²) in [6, 6.07) is 16.9. The number of nitrogens with one attached hydrogen (secondary N) is 2. The Hall–Kier alpha value is -3.19. The van der Waals surface area contributed by atoms with Gasteiger partial charge in [0.1, 0.15) is 0 Å². The molecule has 0 bridgehead atoms. The zero-order chi connectivity index (χ0) is 20.6. The maximum absolute atomic E-state index is 12.4. The highest BCUT2D eigenvalue weighted by Gasteiger charge is 2.08. The number of aromatic amines is 1. The molecule has 0 atom stereocenters. The first-order valence-electron chi connectivity index (χ1n) is 9.75. The second-order valence-corrected chi connectivity index (χ2v) is 7.12. The summed E-state index contributed by atoms with van der Waals surface area (Å²) in [6.07, 6.45) is 0.968. The summed E-state index contributed by atoms with van der Waals surface area (Å²) in [7, 11) is 2.05. The van der Waals surface area contributed by atoms with Gasteiger partial charge in [-0.3, -0.25) is 19.5 Å². The Kier molecular flexibility index (Phi) is 6.97. The van der Waals surface area contributed by atoms with Gasteiger partial charge in [0.2, 0.25) is 5.91 Å². The number of fused-ring (bicyclic) bond motifs is 1. The lowest BCUT2D eigenvalue weighted by Gasteiger charge is -2.16. The molecule has 0 aliphatic carbocycles. The molecular formula is C22H26N4O3. The molecule has 2 aromatic carbocycles. The smallest absolute Gasteiger partial charge is 0.273 e. The molecule has 0 radical (unpaired) electrons. The number of H-pyrrole nitrogens is 1. The van der Waals surface area contributed by atoms with Crippen molar-refractivity contribution in [2.45, 2.75) is 25.9 Å². The highest BCUT2D eigenvalue weighted by molar-refractivity contribution is 5.80. The molecule has 1 heterocycles. The SMILES string of the molecule is CN(CCCNC(=O)CCn1[nH]c(=O)c2ccccc2c1=O)Cc1ccccc1. The number of hydrogen-bond acceptors (Lipinski definition) is 4. The Labute approximate surface area is 169 Å². The molecule has 152 valence electrons. The summed E-state index contributed by atoms with van der Waals surface area (Å²) in [6.45, 7) is 2.44. The monoisotopic (exact) mass is 394 g/mol. The van der Waals surface area contributed by atoms with Crippen LogP contribution in [0.25, 0.3) is 10.8 Å². The number of hydrogen-bond donors (Lipinski definition) is 2. The van der Waals surface area contributed by atoms with Crippen molar-refractivity contribution in [3.8, 4) is 0 Å². The van der Waals surface area contributed by atoms with Gasteiger partial charge in [0.25, 0.3) is 11.1 Å². The zero-order valence-corrected chi connectivity index (χ0v) is 16.6. The van der Waals surface area contributed by atoms with E-state index in [2.05, 4.69) is 34.5 Å². The standard InChI is InChI=1S/C22H26N4O3/c1-25(16-17-8-3-2-4-9-17)14-7-13-23-20(27)12-15-26-22(29)19-11-6-5-10-18(19)21(28)24-26/h2-6,8-11H,7,12-16H2,1H3,(H,23,27)(H,24,28). The van der Waals surface area contributed by atoms with E-state index in [-0.39, 0.29) is 30.0 Å². The van der Waals surface area contributed by atoms with E-state index in [0.717, 1.165) is 19.5 Å². The predicted molar refractivity (Wildman–Crippen MR) is 114 cm³/mol. The van der Waals surface area contributed by atoms with Crippen LogP contribution in [0.4, 0.5) is 0 Å². The molecule has 0 saturated carbocycles. The maximum Gasteiger partial charge on any atom is 0.273 e. The van der Waals surface area contributed by atoms with Crippen LogP contribution in [-0.4, -0.2) is 40.7 Å². The minimum absolute atomic E-state index is 0.133. The topological polar surface area (TPSA) is 87.2 Å². The zero-order valence-electron chi connectivity index (χ0n) is 16.6. The van der Waals surface area contributed by atoms with Crippen LogP contribution < -0.4 is 16.4 Å². The predicted octanol–water partition coefficient (Wildman–Crippen LogP) is 1.72. The van der Waals surface area contributed by atoms with Crippen LogP contribution in [0.1, 0.15) is 18.4 Å². The molecule has 0 fully saturated rings. The van der Waals surface area contributed by atoms with E-state index >= 15 is 0 Å². The summed E-state index contributed by atoms with van der Waals surface area (Å²) in [5.41, 5.74) is 0.631. The van der Waals surface area contributed by atoms with Gasteiger partial charge in [-0.05, 0) is 37.7 Å². The van der Waals surface area contributed by atoms with Gasteiger partial charge in [-0.15, -0.1) is 0 Å². The van der Waals surface area contributed by atoms with Gasteiger partial charge in [-0.1, -0.05) is 42.5 Å². The van der Waals surface area contributed by atoms with Crippen molar-refractivity contribution in [3.63, 3.8) is 0 Å². The number of carbonyl (C=O) groups is 1. The van der Waals surface area contributed by atoms with Gasteiger partial charge in [-0.2, -0.15) is 0 Å². The molecular weight excluding hydrogens is 368 g/mol. The molecule has 1 aromatic heterocycles. The van der Waals surface area contributed by atoms with Gasteiger partial charge in [0.15, 0.2) is 0 Å². The third-order valence-corrected chi connectivity index (χ3v) is 4.78. The molecule has 3 rings (SSSR count). The van der Waals surface area contributed by atoms with Crippen molar-refractivity contribution >= 4 is 16.7 Å². The minimum Gasteiger partial charge on any atom is -0.356 e. The lowest BCUT2D eigenvalue weighted by Crippen LogP contribution is -2.33. The second-order valence-electron chi connectivity index (χ2n) is 7.12. The van der Waals surface area contributed by atoms with Crippen LogP contribution in [0.15, 0.2) is 64.2 Å². The quantitative estimate of drug-likeness (QED) is 0.541. The lowest BCUT2D eigenvalue weighted by molar-refractivity contribution is -0.121. The Morgan fingerprint density at radius 1 is 1.03 bits per heavy atom. The minimum atomic E-state index is -0.331. The third kappa shape index (κ3) is 5.65. The average molecular weight is 394 g/mol. The molecule has 0 saturated heterocycles. The van der Waals surface area contributed by atoms with Gasteiger partial charge < -0.3 is 10.2 Å². The fourth-order valence-electron chi connectivity index (χ4n) is 3.26. The normalized spacial score (nSPS) is 11.1. The molecule has 0 aliphatic rings. The highest BCUT2D eigenvalue weighted by Crippen LogP contribution is 2.03. The van der Waals surface area contributed by atoms with Crippen molar-refractivity contribution < 1.29 is 4.79 Å². The van der Waals surface area contributed by atoms with Gasteiger partial charge in [-0.25, -0.2) is 4.68 Å². The van der Waals surface area contributed by atoms with Crippen LogP contribution in [0.2, 0.25) is 0 Å². The van der Waals surface area contributed by atoms with E-state index in [1.165, 1.54) is 10.2 Å². The summed E-state index contributed by atoms with van der Waals surface area (Å²) < 4.78 is 1.21. The molecule has 1 amide bonds. The van der Waals surface area contributed by atoms with Gasteiger partial charge in [0, 0.05) is 19.5 Å². The van der Waals surface area contributed by atoms with Crippen LogP contribution in [0.3, 0.4) is 0 Å². The average Bonchev–Trinajstić information content (AvgIpc) is 2.73. The first-order valence-corrected chi connectivity index (χ1v) is 9.75. The van der Waals surface area contributed by atoms with E-state index < -0.39 is 0 Å². The van der Waals surface area contributed by atoms with Crippen molar-refractivity contribution in [1.29, 1.82) is 0 Å². The first kappa shape index (κ1) is 20.5. The first-order chi connectivity index (χ1) is 14.0. The van der Waals surface area contributed by atoms with Crippen molar-refractivity contribution in [1.82, 2.24) is 20.0 Å². The molecule has 7 nitrogen and oxygen atoms in total. The van der Waals surface area contributed by atoms with Crippen LogP contribution >= 0.6 is 0 Å². The number of amides is 1. The number of aromatic nitrogens is 2. The van der Waals surface area contributed by atoms with E-state index in [1.807, 2.05) is 18.2 Å². The Morgan fingerprint density at radius 2 is 1.72 bits per heavy atom. The lowest BCUT2D eigenvalue weighted by atomic mass is 10.2. The molecule has 3 aromatic rings. The van der Waals surface area contributed by atoms with Crippen molar-refractivity contribution in [3.05, 3.63) is 80.9 Å². The van der Waals surface area contributed by atoms with E-state index in [1.54, 1.807) is 24.3 Å². The highest BCUT2D eigenvalue weighted by atomic mass is 16.2. The third-order valence-electron chi connectivity index (χ3n) is 4.78. The molecule has 0 aliphatic heterocycles. The van der Waals surface area contributed by atoms with Gasteiger partial charge >= 0.3 is 0 Å². The molecule has 0 unspecified atom stereocenters. The second kappa shape index (κ2) is 9.84. The Bertz CT molecular complexity index is 1070. The number of rotatable bonds is 9. The van der Waals surface area contributed by atoms with Crippen LogP contribution in [-0.2, 0) is 17.9 Å². The number of carbonyl (C=O) groups excluding carboxylic acids is 1. The van der Waals surface area contributed by atoms with Crippen molar-refractivity contribution in [2.24, 2.45) is 0 Å². The molecule has 29 heavy (non-hydrogen) atoms. The molecule has 0 spiro atoms. The van der Waals surface area contributed by atoms with Crippen LogP contribution in [0, 0.1) is 0 Å². The summed E-state index contributed by atoms with van der Waals surface area (Å²) in [5.74, 6) is -0.142. The summed E-state index contributed by atoms with van der Waals surface area (Å²) >= 11 is 0. The van der Waals surface area contributed by atoms with E-state index in [4.69, 9.17) is 0 Å². The largest absolute Gasteiger partial charge is 0.356 e. The maximum atomic E-state index is 12.4. The van der Waals surface area contributed by atoms with E-state index in [0.29, 0.717) is 17.3 Å². The molecule has 2 N–H and O–H groups in total.